The fourth-order valence-electron chi connectivity index (χ4n) is 2.25. The van der Waals surface area contributed by atoms with Crippen LogP contribution in [-0.4, -0.2) is 25.8 Å². The van der Waals surface area contributed by atoms with E-state index in [1.54, 1.807) is 0 Å². The smallest absolute Gasteiger partial charge is 0.326 e. The van der Waals surface area contributed by atoms with Crippen molar-refractivity contribution in [1.29, 1.82) is 0 Å². The van der Waals surface area contributed by atoms with Gasteiger partial charge in [-0.3, -0.25) is 4.79 Å². The number of halogens is 3. The van der Waals surface area contributed by atoms with Crippen LogP contribution in [-0.2, 0) is 20.8 Å². The maximum Gasteiger partial charge on any atom is 0.416 e. The van der Waals surface area contributed by atoms with Crippen molar-refractivity contribution in [3.05, 3.63) is 29.8 Å². The summed E-state index contributed by atoms with van der Waals surface area (Å²) in [7, 11) is -3.24. The van der Waals surface area contributed by atoms with Gasteiger partial charge in [-0.2, -0.15) is 13.2 Å². The molecule has 21 heavy (non-hydrogen) atoms. The molecule has 8 heteroatoms. The highest BCUT2D eigenvalue weighted by Crippen LogP contribution is 2.31. The van der Waals surface area contributed by atoms with E-state index in [0.29, 0.717) is 12.8 Å². The van der Waals surface area contributed by atoms with Crippen LogP contribution in [0.15, 0.2) is 24.3 Å². The molecule has 1 aromatic carbocycles. The summed E-state index contributed by atoms with van der Waals surface area (Å²) in [6, 6.07) is 4.26. The highest BCUT2D eigenvalue weighted by atomic mass is 32.2. The zero-order chi connectivity index (χ0) is 15.7. The van der Waals surface area contributed by atoms with Crippen molar-refractivity contribution in [3.8, 4) is 0 Å². The van der Waals surface area contributed by atoms with Gasteiger partial charge in [0, 0.05) is 5.69 Å². The van der Waals surface area contributed by atoms with Crippen molar-refractivity contribution >= 4 is 21.4 Å². The van der Waals surface area contributed by atoms with Gasteiger partial charge in [0.2, 0.25) is 5.91 Å². The molecule has 0 saturated carbocycles. The molecule has 0 radical (unpaired) electrons. The molecule has 1 fully saturated rings. The molecule has 1 saturated heterocycles. The summed E-state index contributed by atoms with van der Waals surface area (Å²) in [5.41, 5.74) is -0.852. The molecule has 0 spiro atoms. The normalized spacial score (nSPS) is 21.8. The van der Waals surface area contributed by atoms with Crippen molar-refractivity contribution in [2.75, 3.05) is 16.8 Å². The number of hydrogen-bond acceptors (Lipinski definition) is 3. The summed E-state index contributed by atoms with van der Waals surface area (Å²) in [5.74, 6) is -1.46. The van der Waals surface area contributed by atoms with E-state index < -0.39 is 33.4 Å². The minimum Gasteiger partial charge on any atom is -0.326 e. The molecule has 0 aromatic heterocycles. The number of nitrogens with one attached hydrogen (secondary N) is 1. The minimum atomic E-state index is -4.49. The van der Waals surface area contributed by atoms with E-state index in [0.717, 1.165) is 12.1 Å². The van der Waals surface area contributed by atoms with Crippen molar-refractivity contribution in [2.24, 2.45) is 5.92 Å². The Hall–Kier alpha value is -1.57. The number of anilines is 1. The number of benzene rings is 1. The first-order chi connectivity index (χ1) is 9.67. The van der Waals surface area contributed by atoms with Crippen LogP contribution in [0.2, 0.25) is 0 Å². The maximum atomic E-state index is 12.6. The third-order valence-corrected chi connectivity index (χ3v) is 5.11. The quantitative estimate of drug-likeness (QED) is 0.910. The molecule has 0 aliphatic carbocycles. The van der Waals surface area contributed by atoms with Gasteiger partial charge >= 0.3 is 6.18 Å². The molecular weight excluding hydrogens is 307 g/mol. The molecule has 4 nitrogen and oxygen atoms in total. The largest absolute Gasteiger partial charge is 0.416 e. The van der Waals surface area contributed by atoms with Crippen molar-refractivity contribution in [3.63, 3.8) is 0 Å². The minimum absolute atomic E-state index is 0.0118. The Labute approximate surface area is 120 Å². The lowest BCUT2D eigenvalue weighted by molar-refractivity contribution is -0.137. The van der Waals surface area contributed by atoms with Crippen LogP contribution in [0.1, 0.15) is 18.4 Å². The third-order valence-electron chi connectivity index (χ3n) is 3.29. The molecule has 1 aliphatic heterocycles. The second-order valence-corrected chi connectivity index (χ2v) is 7.25. The lowest BCUT2D eigenvalue weighted by Crippen LogP contribution is -2.34. The van der Waals surface area contributed by atoms with Gasteiger partial charge in [-0.05, 0) is 31.0 Å². The first kappa shape index (κ1) is 15.8. The summed E-state index contributed by atoms with van der Waals surface area (Å²) in [6.07, 6.45) is -3.68. The van der Waals surface area contributed by atoms with Crippen LogP contribution in [0.5, 0.6) is 0 Å². The van der Waals surface area contributed by atoms with Gasteiger partial charge in [0.05, 0.1) is 23.0 Å². The lowest BCUT2D eigenvalue weighted by atomic mass is 10.0. The average Bonchev–Trinajstić information content (AvgIpc) is 2.37. The van der Waals surface area contributed by atoms with E-state index in [1.807, 2.05) is 0 Å². The Balaban J connectivity index is 2.10. The van der Waals surface area contributed by atoms with Crippen LogP contribution in [0.3, 0.4) is 0 Å². The summed E-state index contributed by atoms with van der Waals surface area (Å²) in [6.45, 7) is 0. The van der Waals surface area contributed by atoms with Crippen LogP contribution >= 0.6 is 0 Å². The monoisotopic (exact) mass is 321 g/mol. The molecular formula is C13H14F3NO3S. The molecule has 1 unspecified atom stereocenters. The Kier molecular flexibility index (Phi) is 4.27. The Bertz CT molecular complexity index is 640. The van der Waals surface area contributed by atoms with Crippen LogP contribution < -0.4 is 5.32 Å². The zero-order valence-electron chi connectivity index (χ0n) is 11.0. The molecule has 1 atom stereocenters. The fraction of sp³-hybridized carbons (Fsp3) is 0.462. The highest BCUT2D eigenvalue weighted by molar-refractivity contribution is 7.91. The van der Waals surface area contributed by atoms with Gasteiger partial charge < -0.3 is 5.32 Å². The number of hydrogen-bond donors (Lipinski definition) is 1. The molecule has 1 aromatic rings. The van der Waals surface area contributed by atoms with Crippen LogP contribution in [0.25, 0.3) is 0 Å². The van der Waals surface area contributed by atoms with E-state index in [1.165, 1.54) is 12.1 Å². The molecule has 1 N–H and O–H groups in total. The van der Waals surface area contributed by atoms with Crippen LogP contribution in [0.4, 0.5) is 18.9 Å². The number of amides is 1. The van der Waals surface area contributed by atoms with E-state index in [4.69, 9.17) is 0 Å². The fourth-order valence-corrected chi connectivity index (χ4v) is 3.95. The predicted molar refractivity (Wildman–Crippen MR) is 71.5 cm³/mol. The summed E-state index contributed by atoms with van der Waals surface area (Å²) in [5, 5.41) is 2.36. The topological polar surface area (TPSA) is 63.2 Å². The molecule has 0 bridgehead atoms. The second-order valence-electron chi connectivity index (χ2n) is 5.02. The Morgan fingerprint density at radius 1 is 1.29 bits per heavy atom. The van der Waals surface area contributed by atoms with Gasteiger partial charge in [-0.15, -0.1) is 0 Å². The molecule has 116 valence electrons. The summed E-state index contributed by atoms with van der Waals surface area (Å²) >= 11 is 0. The van der Waals surface area contributed by atoms with Crippen LogP contribution in [0, 0.1) is 5.92 Å². The van der Waals surface area contributed by atoms with Gasteiger partial charge in [0.1, 0.15) is 0 Å². The molecule has 1 aliphatic rings. The van der Waals surface area contributed by atoms with Crippen molar-refractivity contribution < 1.29 is 26.4 Å². The van der Waals surface area contributed by atoms with E-state index in [9.17, 15) is 26.4 Å². The number of sulfone groups is 1. The Morgan fingerprint density at radius 3 is 2.62 bits per heavy atom. The van der Waals surface area contributed by atoms with E-state index in [-0.39, 0.29) is 17.2 Å². The van der Waals surface area contributed by atoms with Gasteiger partial charge in [-0.25, -0.2) is 8.42 Å². The molecule has 1 amide bonds. The zero-order valence-corrected chi connectivity index (χ0v) is 11.8. The lowest BCUT2D eigenvalue weighted by Gasteiger charge is -2.21. The predicted octanol–water partition coefficient (Wildman–Crippen LogP) is 2.47. The number of carbonyl (C=O) groups excluding carboxylic acids is 1. The first-order valence-corrected chi connectivity index (χ1v) is 8.18. The highest BCUT2D eigenvalue weighted by Gasteiger charge is 2.32. The second kappa shape index (κ2) is 5.67. The standard InChI is InChI=1S/C13H14F3NO3S/c14-13(15,16)10-4-1-5-11(7-10)17-12(18)9-3-2-6-21(19,20)8-9/h1,4-5,7,9H,2-3,6,8H2,(H,17,18). The van der Waals surface area contributed by atoms with E-state index >= 15 is 0 Å². The SMILES string of the molecule is O=C(Nc1cccc(C(F)(F)F)c1)C1CCCS(=O)(=O)C1. The third kappa shape index (κ3) is 4.20. The Morgan fingerprint density at radius 2 is 2.00 bits per heavy atom. The molecule has 1 heterocycles. The van der Waals surface area contributed by atoms with Crippen molar-refractivity contribution in [1.82, 2.24) is 0 Å². The van der Waals surface area contributed by atoms with E-state index in [2.05, 4.69) is 5.32 Å². The van der Waals surface area contributed by atoms with Gasteiger partial charge in [0.15, 0.2) is 9.84 Å². The summed E-state index contributed by atoms with van der Waals surface area (Å²) < 4.78 is 60.7. The average molecular weight is 321 g/mol. The van der Waals surface area contributed by atoms with Gasteiger partial charge in [0.25, 0.3) is 0 Å². The first-order valence-electron chi connectivity index (χ1n) is 6.36. The molecule has 2 rings (SSSR count). The number of carbonyl (C=O) groups is 1. The van der Waals surface area contributed by atoms with Gasteiger partial charge in [-0.1, -0.05) is 6.07 Å². The number of rotatable bonds is 2. The maximum absolute atomic E-state index is 12.6. The van der Waals surface area contributed by atoms with Crippen molar-refractivity contribution in [2.45, 2.75) is 19.0 Å². The summed E-state index contributed by atoms with van der Waals surface area (Å²) in [4.78, 5) is 12.0. The number of alkyl halides is 3.